The van der Waals surface area contributed by atoms with Gasteiger partial charge in [-0.25, -0.2) is 4.98 Å². The third-order valence-electron chi connectivity index (χ3n) is 2.97. The fourth-order valence-corrected chi connectivity index (χ4v) is 3.47. The van der Waals surface area contributed by atoms with Crippen molar-refractivity contribution in [3.8, 4) is 5.75 Å². The topological polar surface area (TPSA) is 51.2 Å². The van der Waals surface area contributed by atoms with E-state index in [2.05, 4.69) is 15.7 Å². The molecule has 0 aliphatic rings. The van der Waals surface area contributed by atoms with E-state index < -0.39 is 0 Å². The van der Waals surface area contributed by atoms with Gasteiger partial charge in [-0.1, -0.05) is 6.07 Å². The molecule has 0 fully saturated rings. The van der Waals surface area contributed by atoms with E-state index in [1.807, 2.05) is 31.2 Å². The summed E-state index contributed by atoms with van der Waals surface area (Å²) in [4.78, 5) is 17.3. The number of thiazole rings is 1. The number of amides is 1. The molecule has 0 unspecified atom stereocenters. The van der Waals surface area contributed by atoms with E-state index in [-0.39, 0.29) is 5.91 Å². The summed E-state index contributed by atoms with van der Waals surface area (Å²) in [5, 5.41) is 6.14. The molecule has 2 aromatic rings. The standard InChI is InChI=1S/C16H20N2O2S2/c1-12-10-22-16(18-12)7-4-8-17-15(19)11-21-14-6-3-5-13(9-14)20-2/h3,5-6,9-10H,4,7-8,11H2,1-2H3,(H,17,19). The van der Waals surface area contributed by atoms with Gasteiger partial charge in [-0.05, 0) is 31.5 Å². The van der Waals surface area contributed by atoms with Crippen LogP contribution in [-0.2, 0) is 11.2 Å². The second-order valence-electron chi connectivity index (χ2n) is 4.80. The molecule has 6 heteroatoms. The first kappa shape index (κ1) is 16.8. The van der Waals surface area contributed by atoms with Crippen LogP contribution in [0, 0.1) is 6.92 Å². The molecule has 1 aromatic heterocycles. The Balaban J connectivity index is 1.63. The van der Waals surface area contributed by atoms with Crippen LogP contribution in [0.15, 0.2) is 34.5 Å². The van der Waals surface area contributed by atoms with Crippen LogP contribution in [0.25, 0.3) is 0 Å². The predicted molar refractivity (Wildman–Crippen MR) is 91.9 cm³/mol. The summed E-state index contributed by atoms with van der Waals surface area (Å²) < 4.78 is 5.17. The number of carbonyl (C=O) groups is 1. The smallest absolute Gasteiger partial charge is 0.230 e. The van der Waals surface area contributed by atoms with Crippen LogP contribution < -0.4 is 10.1 Å². The van der Waals surface area contributed by atoms with Gasteiger partial charge in [-0.15, -0.1) is 23.1 Å². The zero-order chi connectivity index (χ0) is 15.8. The lowest BCUT2D eigenvalue weighted by atomic mass is 10.3. The Hall–Kier alpha value is -1.53. The third-order valence-corrected chi connectivity index (χ3v) is 4.99. The second-order valence-corrected chi connectivity index (χ2v) is 6.80. The highest BCUT2D eigenvalue weighted by Gasteiger charge is 2.04. The summed E-state index contributed by atoms with van der Waals surface area (Å²) in [5.74, 6) is 1.29. The molecule has 0 aliphatic heterocycles. The van der Waals surface area contributed by atoms with Gasteiger partial charge in [0.25, 0.3) is 0 Å². The Bertz CT molecular complexity index is 614. The first-order valence-corrected chi connectivity index (χ1v) is 8.98. The van der Waals surface area contributed by atoms with Gasteiger partial charge in [-0.2, -0.15) is 0 Å². The number of hydrogen-bond acceptors (Lipinski definition) is 5. The maximum Gasteiger partial charge on any atom is 0.230 e. The lowest BCUT2D eigenvalue weighted by Crippen LogP contribution is -2.26. The maximum atomic E-state index is 11.8. The summed E-state index contributed by atoms with van der Waals surface area (Å²) in [7, 11) is 1.64. The highest BCUT2D eigenvalue weighted by Crippen LogP contribution is 2.22. The monoisotopic (exact) mass is 336 g/mol. The van der Waals surface area contributed by atoms with Crippen LogP contribution in [0.4, 0.5) is 0 Å². The van der Waals surface area contributed by atoms with Crippen molar-refractivity contribution in [2.45, 2.75) is 24.7 Å². The van der Waals surface area contributed by atoms with Crippen molar-refractivity contribution in [2.75, 3.05) is 19.4 Å². The maximum absolute atomic E-state index is 11.8. The molecule has 0 atom stereocenters. The van der Waals surface area contributed by atoms with Crippen LogP contribution >= 0.6 is 23.1 Å². The van der Waals surface area contributed by atoms with Gasteiger partial charge in [-0.3, -0.25) is 4.79 Å². The predicted octanol–water partition coefficient (Wildman–Crippen LogP) is 3.30. The number of aromatic nitrogens is 1. The Morgan fingerprint density at radius 1 is 1.45 bits per heavy atom. The normalized spacial score (nSPS) is 10.5. The van der Waals surface area contributed by atoms with Crippen molar-refractivity contribution in [3.05, 3.63) is 40.3 Å². The molecule has 0 aliphatic carbocycles. The third kappa shape index (κ3) is 5.69. The van der Waals surface area contributed by atoms with Crippen molar-refractivity contribution in [1.82, 2.24) is 10.3 Å². The molecule has 2 rings (SSSR count). The summed E-state index contributed by atoms with van der Waals surface area (Å²) in [6.45, 7) is 2.69. The Labute approximate surface area is 139 Å². The SMILES string of the molecule is COc1cccc(SCC(=O)NCCCc2nc(C)cs2)c1. The minimum atomic E-state index is 0.0585. The number of nitrogens with one attached hydrogen (secondary N) is 1. The minimum Gasteiger partial charge on any atom is -0.497 e. The molecular formula is C16H20N2O2S2. The molecular weight excluding hydrogens is 316 g/mol. The van der Waals surface area contributed by atoms with Crippen LogP contribution in [0.1, 0.15) is 17.1 Å². The molecule has 4 nitrogen and oxygen atoms in total. The summed E-state index contributed by atoms with van der Waals surface area (Å²) in [6.07, 6.45) is 1.84. The molecule has 1 N–H and O–H groups in total. The molecule has 0 spiro atoms. The molecule has 0 saturated heterocycles. The average Bonchev–Trinajstić information content (AvgIpc) is 2.95. The molecule has 0 radical (unpaired) electrons. The quantitative estimate of drug-likeness (QED) is 0.593. The van der Waals surface area contributed by atoms with Gasteiger partial charge in [0.2, 0.25) is 5.91 Å². The molecule has 1 heterocycles. The summed E-state index contributed by atoms with van der Waals surface area (Å²) >= 11 is 3.19. The van der Waals surface area contributed by atoms with Gasteiger partial charge in [0, 0.05) is 28.9 Å². The van der Waals surface area contributed by atoms with E-state index in [0.29, 0.717) is 12.3 Å². The average molecular weight is 336 g/mol. The minimum absolute atomic E-state index is 0.0585. The molecule has 22 heavy (non-hydrogen) atoms. The van der Waals surface area contributed by atoms with Gasteiger partial charge < -0.3 is 10.1 Å². The molecule has 1 amide bonds. The van der Waals surface area contributed by atoms with E-state index in [9.17, 15) is 4.79 Å². The summed E-state index contributed by atoms with van der Waals surface area (Å²) in [5.41, 5.74) is 1.07. The largest absolute Gasteiger partial charge is 0.497 e. The first-order chi connectivity index (χ1) is 10.7. The fraction of sp³-hybridized carbons (Fsp3) is 0.375. The van der Waals surface area contributed by atoms with Gasteiger partial charge in [0.15, 0.2) is 0 Å². The number of aryl methyl sites for hydroxylation is 2. The van der Waals surface area contributed by atoms with Crippen molar-refractivity contribution in [2.24, 2.45) is 0 Å². The highest BCUT2D eigenvalue weighted by molar-refractivity contribution is 8.00. The van der Waals surface area contributed by atoms with E-state index in [4.69, 9.17) is 4.74 Å². The van der Waals surface area contributed by atoms with E-state index in [0.717, 1.165) is 34.2 Å². The number of hydrogen-bond donors (Lipinski definition) is 1. The highest BCUT2D eigenvalue weighted by atomic mass is 32.2. The van der Waals surface area contributed by atoms with E-state index in [1.165, 1.54) is 11.8 Å². The van der Waals surface area contributed by atoms with Gasteiger partial charge >= 0.3 is 0 Å². The Morgan fingerprint density at radius 2 is 2.32 bits per heavy atom. The van der Waals surface area contributed by atoms with Crippen molar-refractivity contribution < 1.29 is 9.53 Å². The Morgan fingerprint density at radius 3 is 3.05 bits per heavy atom. The van der Waals surface area contributed by atoms with Crippen LogP contribution in [0.2, 0.25) is 0 Å². The lowest BCUT2D eigenvalue weighted by molar-refractivity contribution is -0.118. The Kier molecular flexibility index (Phi) is 6.74. The number of rotatable bonds is 8. The first-order valence-electron chi connectivity index (χ1n) is 7.12. The van der Waals surface area contributed by atoms with Crippen LogP contribution in [-0.4, -0.2) is 30.3 Å². The molecule has 0 bridgehead atoms. The van der Waals surface area contributed by atoms with Crippen molar-refractivity contribution in [1.29, 1.82) is 0 Å². The van der Waals surface area contributed by atoms with Crippen molar-refractivity contribution in [3.63, 3.8) is 0 Å². The van der Waals surface area contributed by atoms with E-state index in [1.54, 1.807) is 18.4 Å². The number of carbonyl (C=O) groups excluding carboxylic acids is 1. The number of benzene rings is 1. The van der Waals surface area contributed by atoms with Crippen LogP contribution in [0.5, 0.6) is 5.75 Å². The fourth-order valence-electron chi connectivity index (χ4n) is 1.88. The van der Waals surface area contributed by atoms with Gasteiger partial charge in [0.1, 0.15) is 5.75 Å². The van der Waals surface area contributed by atoms with Gasteiger partial charge in [0.05, 0.1) is 17.9 Å². The van der Waals surface area contributed by atoms with Crippen LogP contribution in [0.3, 0.4) is 0 Å². The molecule has 1 aromatic carbocycles. The second kappa shape index (κ2) is 8.80. The van der Waals surface area contributed by atoms with Crippen molar-refractivity contribution >= 4 is 29.0 Å². The molecule has 118 valence electrons. The lowest BCUT2D eigenvalue weighted by Gasteiger charge is -2.06. The molecule has 0 saturated carbocycles. The van der Waals surface area contributed by atoms with E-state index >= 15 is 0 Å². The zero-order valence-electron chi connectivity index (χ0n) is 12.8. The number of thioether (sulfide) groups is 1. The number of ether oxygens (including phenoxy) is 1. The summed E-state index contributed by atoms with van der Waals surface area (Å²) in [6, 6.07) is 7.73. The number of nitrogens with zero attached hydrogens (tertiary/aromatic N) is 1. The zero-order valence-corrected chi connectivity index (χ0v) is 14.4. The number of methoxy groups -OCH3 is 1.